The summed E-state index contributed by atoms with van der Waals surface area (Å²) in [5, 5.41) is 0. The van der Waals surface area contributed by atoms with E-state index in [1.54, 1.807) is 27.7 Å². The van der Waals surface area contributed by atoms with Crippen molar-refractivity contribution in [3.8, 4) is 0 Å². The zero-order valence-corrected chi connectivity index (χ0v) is 13.0. The lowest BCUT2D eigenvalue weighted by molar-refractivity contribution is 0.0596. The standard InChI is InChI=1S/C14H17BrFNO2/c1-6-17(13(18)19-14(3,4)5)12-8-10(15)11(16)7-9(12)2/h6-8H,1H2,2-5H3. The largest absolute Gasteiger partial charge is 0.443 e. The maximum Gasteiger partial charge on any atom is 0.418 e. The van der Waals surface area contributed by atoms with Gasteiger partial charge in [-0.15, -0.1) is 0 Å². The van der Waals surface area contributed by atoms with Gasteiger partial charge < -0.3 is 4.74 Å². The Balaban J connectivity index is 3.14. The van der Waals surface area contributed by atoms with E-state index in [0.29, 0.717) is 11.3 Å². The Morgan fingerprint density at radius 3 is 2.53 bits per heavy atom. The Kier molecular flexibility index (Phi) is 4.74. The first-order valence-corrected chi connectivity index (χ1v) is 6.55. The maximum atomic E-state index is 13.4. The van der Waals surface area contributed by atoms with Crippen molar-refractivity contribution >= 4 is 27.7 Å². The summed E-state index contributed by atoms with van der Waals surface area (Å²) in [6.45, 7) is 10.6. The van der Waals surface area contributed by atoms with Crippen LogP contribution in [0.25, 0.3) is 0 Å². The molecular formula is C14H17BrFNO2. The first-order chi connectivity index (χ1) is 8.65. The maximum absolute atomic E-state index is 13.4. The molecule has 3 nitrogen and oxygen atoms in total. The molecule has 0 aliphatic carbocycles. The molecule has 0 bridgehead atoms. The Bertz CT molecular complexity index is 509. The molecule has 0 fully saturated rings. The van der Waals surface area contributed by atoms with Crippen LogP contribution in [0.2, 0.25) is 0 Å². The van der Waals surface area contributed by atoms with Gasteiger partial charge in [-0.25, -0.2) is 9.18 Å². The van der Waals surface area contributed by atoms with Gasteiger partial charge in [-0.2, -0.15) is 0 Å². The minimum atomic E-state index is -0.608. The Labute approximate surface area is 121 Å². The number of hydrogen-bond donors (Lipinski definition) is 0. The molecule has 0 saturated heterocycles. The number of aryl methyl sites for hydroxylation is 1. The van der Waals surface area contributed by atoms with E-state index in [0.717, 1.165) is 0 Å². The van der Waals surface area contributed by atoms with Gasteiger partial charge >= 0.3 is 6.09 Å². The molecule has 1 aromatic rings. The fourth-order valence-corrected chi connectivity index (χ4v) is 1.81. The highest BCUT2D eigenvalue weighted by molar-refractivity contribution is 9.10. The van der Waals surface area contributed by atoms with Crippen molar-refractivity contribution in [3.63, 3.8) is 0 Å². The number of ether oxygens (including phenoxy) is 1. The zero-order valence-electron chi connectivity index (χ0n) is 11.5. The second kappa shape index (κ2) is 5.74. The van der Waals surface area contributed by atoms with Crippen LogP contribution in [-0.4, -0.2) is 11.7 Å². The number of benzene rings is 1. The van der Waals surface area contributed by atoms with Crippen LogP contribution in [0.15, 0.2) is 29.4 Å². The topological polar surface area (TPSA) is 29.5 Å². The van der Waals surface area contributed by atoms with Crippen molar-refractivity contribution in [1.82, 2.24) is 0 Å². The molecule has 1 amide bonds. The predicted octanol–water partition coefficient (Wildman–Crippen LogP) is 4.78. The minimum Gasteiger partial charge on any atom is -0.443 e. The summed E-state index contributed by atoms with van der Waals surface area (Å²) >= 11 is 3.10. The molecular weight excluding hydrogens is 313 g/mol. The van der Waals surface area contributed by atoms with E-state index in [1.807, 2.05) is 0 Å². The Morgan fingerprint density at radius 1 is 1.47 bits per heavy atom. The fraction of sp³-hybridized carbons (Fsp3) is 0.357. The lowest BCUT2D eigenvalue weighted by atomic mass is 10.2. The van der Waals surface area contributed by atoms with Crippen LogP contribution in [0, 0.1) is 12.7 Å². The Morgan fingerprint density at radius 2 is 2.05 bits per heavy atom. The first-order valence-electron chi connectivity index (χ1n) is 5.76. The molecule has 0 atom stereocenters. The second-order valence-electron chi connectivity index (χ2n) is 5.09. The SMILES string of the molecule is C=CN(C(=O)OC(C)(C)C)c1cc(Br)c(F)cc1C. The molecule has 0 N–H and O–H groups in total. The third-order valence-electron chi connectivity index (χ3n) is 2.27. The lowest BCUT2D eigenvalue weighted by Crippen LogP contribution is -2.33. The van der Waals surface area contributed by atoms with E-state index in [2.05, 4.69) is 22.5 Å². The minimum absolute atomic E-state index is 0.281. The van der Waals surface area contributed by atoms with Gasteiger partial charge in [0.2, 0.25) is 0 Å². The van der Waals surface area contributed by atoms with Gasteiger partial charge in [0.1, 0.15) is 11.4 Å². The normalized spacial score (nSPS) is 11.1. The van der Waals surface area contributed by atoms with Crippen LogP contribution < -0.4 is 4.90 Å². The highest BCUT2D eigenvalue weighted by Gasteiger charge is 2.23. The van der Waals surface area contributed by atoms with E-state index in [4.69, 9.17) is 4.74 Å². The highest BCUT2D eigenvalue weighted by atomic mass is 79.9. The summed E-state index contributed by atoms with van der Waals surface area (Å²) in [5.41, 5.74) is 0.535. The molecule has 104 valence electrons. The Hall–Kier alpha value is -1.36. The monoisotopic (exact) mass is 329 g/mol. The van der Waals surface area contributed by atoms with Gasteiger partial charge in [0.15, 0.2) is 0 Å². The highest BCUT2D eigenvalue weighted by Crippen LogP contribution is 2.28. The van der Waals surface area contributed by atoms with Gasteiger partial charge in [-0.1, -0.05) is 6.58 Å². The lowest BCUT2D eigenvalue weighted by Gasteiger charge is -2.26. The molecule has 5 heteroatoms. The number of carbonyl (C=O) groups excluding carboxylic acids is 1. The molecule has 1 rings (SSSR count). The second-order valence-corrected chi connectivity index (χ2v) is 5.94. The summed E-state index contributed by atoms with van der Waals surface area (Å²) < 4.78 is 18.9. The van der Waals surface area contributed by atoms with Crippen LogP contribution in [0.4, 0.5) is 14.9 Å². The number of hydrogen-bond acceptors (Lipinski definition) is 2. The van der Waals surface area contributed by atoms with Crippen molar-refractivity contribution < 1.29 is 13.9 Å². The van der Waals surface area contributed by atoms with Crippen LogP contribution in [0.3, 0.4) is 0 Å². The average Bonchev–Trinajstić information content (AvgIpc) is 2.23. The molecule has 0 aliphatic rings. The van der Waals surface area contributed by atoms with Crippen LogP contribution >= 0.6 is 15.9 Å². The van der Waals surface area contributed by atoms with Gasteiger partial charge in [0.05, 0.1) is 10.2 Å². The quantitative estimate of drug-likeness (QED) is 0.781. The summed E-state index contributed by atoms with van der Waals surface area (Å²) in [4.78, 5) is 13.3. The summed E-state index contributed by atoms with van der Waals surface area (Å²) in [5.74, 6) is -0.380. The molecule has 0 spiro atoms. The van der Waals surface area contributed by atoms with Crippen molar-refractivity contribution in [1.29, 1.82) is 0 Å². The molecule has 19 heavy (non-hydrogen) atoms. The number of rotatable bonds is 2. The van der Waals surface area contributed by atoms with Crippen molar-refractivity contribution in [3.05, 3.63) is 40.8 Å². The third kappa shape index (κ3) is 4.06. The van der Waals surface area contributed by atoms with Gasteiger partial charge in [0.25, 0.3) is 0 Å². The number of carbonyl (C=O) groups is 1. The third-order valence-corrected chi connectivity index (χ3v) is 2.88. The average molecular weight is 330 g/mol. The van der Waals surface area contributed by atoms with Crippen molar-refractivity contribution in [2.24, 2.45) is 0 Å². The summed E-state index contributed by atoms with van der Waals surface area (Å²) in [6, 6.07) is 2.87. The smallest absolute Gasteiger partial charge is 0.418 e. The van der Waals surface area contributed by atoms with E-state index in [1.165, 1.54) is 23.2 Å². The van der Waals surface area contributed by atoms with Gasteiger partial charge in [-0.05, 0) is 61.3 Å². The molecule has 0 unspecified atom stereocenters. The first kappa shape index (κ1) is 15.7. The van der Waals surface area contributed by atoms with Gasteiger partial charge in [-0.3, -0.25) is 4.90 Å². The molecule has 0 saturated carbocycles. The molecule has 0 radical (unpaired) electrons. The zero-order chi connectivity index (χ0) is 14.8. The molecule has 0 aliphatic heterocycles. The number of anilines is 1. The van der Waals surface area contributed by atoms with Crippen molar-refractivity contribution in [2.75, 3.05) is 4.90 Å². The summed E-state index contributed by atoms with van der Waals surface area (Å²) in [6.07, 6.45) is 0.796. The molecule has 1 aromatic carbocycles. The van der Waals surface area contributed by atoms with Crippen LogP contribution in [-0.2, 0) is 4.74 Å². The van der Waals surface area contributed by atoms with E-state index < -0.39 is 11.7 Å². The number of nitrogens with zero attached hydrogens (tertiary/aromatic N) is 1. The molecule has 0 aromatic heterocycles. The predicted molar refractivity (Wildman–Crippen MR) is 77.7 cm³/mol. The van der Waals surface area contributed by atoms with Crippen molar-refractivity contribution in [2.45, 2.75) is 33.3 Å². The van der Waals surface area contributed by atoms with Crippen LogP contribution in [0.1, 0.15) is 26.3 Å². The van der Waals surface area contributed by atoms with Gasteiger partial charge in [0, 0.05) is 6.20 Å². The summed E-state index contributed by atoms with van der Waals surface area (Å²) in [7, 11) is 0. The fourth-order valence-electron chi connectivity index (χ4n) is 1.48. The van der Waals surface area contributed by atoms with Crippen LogP contribution in [0.5, 0.6) is 0 Å². The number of halogens is 2. The van der Waals surface area contributed by atoms with E-state index in [9.17, 15) is 9.18 Å². The number of amides is 1. The van der Waals surface area contributed by atoms with E-state index >= 15 is 0 Å². The van der Waals surface area contributed by atoms with E-state index in [-0.39, 0.29) is 10.3 Å². The molecule has 0 heterocycles.